The summed E-state index contributed by atoms with van der Waals surface area (Å²) in [6.07, 6.45) is 2.11. The Bertz CT molecular complexity index is 376. The highest BCUT2D eigenvalue weighted by molar-refractivity contribution is 6.30. The molecule has 2 rings (SSSR count). The Morgan fingerprint density at radius 1 is 1.41 bits per heavy atom. The SMILES string of the molecule is CCN1CCC(Nc2cc(Cl)ccc2F)CC1. The smallest absolute Gasteiger partial charge is 0.146 e. The van der Waals surface area contributed by atoms with Gasteiger partial charge in [-0.25, -0.2) is 4.39 Å². The second kappa shape index (κ2) is 5.69. The maximum Gasteiger partial charge on any atom is 0.146 e. The Hall–Kier alpha value is -0.800. The summed E-state index contributed by atoms with van der Waals surface area (Å²) in [5, 5.41) is 3.82. The Morgan fingerprint density at radius 2 is 2.12 bits per heavy atom. The molecule has 1 heterocycles. The quantitative estimate of drug-likeness (QED) is 0.892. The third-order valence-electron chi connectivity index (χ3n) is 3.32. The van der Waals surface area contributed by atoms with E-state index in [9.17, 15) is 4.39 Å². The highest BCUT2D eigenvalue weighted by Gasteiger charge is 2.18. The zero-order valence-corrected chi connectivity index (χ0v) is 10.8. The molecule has 0 aliphatic carbocycles. The molecular formula is C13H18ClFN2. The molecular weight excluding hydrogens is 239 g/mol. The minimum Gasteiger partial charge on any atom is -0.380 e. The van der Waals surface area contributed by atoms with Gasteiger partial charge in [0, 0.05) is 24.2 Å². The highest BCUT2D eigenvalue weighted by Crippen LogP contribution is 2.22. The van der Waals surface area contributed by atoms with E-state index in [4.69, 9.17) is 11.6 Å². The van der Waals surface area contributed by atoms with Crippen LogP contribution in [0.3, 0.4) is 0 Å². The van der Waals surface area contributed by atoms with Gasteiger partial charge in [-0.3, -0.25) is 0 Å². The maximum atomic E-state index is 13.5. The van der Waals surface area contributed by atoms with Crippen LogP contribution in [-0.4, -0.2) is 30.6 Å². The van der Waals surface area contributed by atoms with Crippen molar-refractivity contribution in [2.75, 3.05) is 25.0 Å². The summed E-state index contributed by atoms with van der Waals surface area (Å²) in [4.78, 5) is 2.41. The molecule has 0 amide bonds. The zero-order valence-electron chi connectivity index (χ0n) is 10.0. The van der Waals surface area contributed by atoms with E-state index in [-0.39, 0.29) is 5.82 Å². The molecule has 2 nitrogen and oxygen atoms in total. The van der Waals surface area contributed by atoms with Crippen molar-refractivity contribution in [1.29, 1.82) is 0 Å². The average Bonchev–Trinajstić information content (AvgIpc) is 2.35. The van der Waals surface area contributed by atoms with E-state index in [1.54, 1.807) is 12.1 Å². The predicted molar refractivity (Wildman–Crippen MR) is 70.2 cm³/mol. The average molecular weight is 257 g/mol. The van der Waals surface area contributed by atoms with E-state index in [1.807, 2.05) is 0 Å². The summed E-state index contributed by atoms with van der Waals surface area (Å²) in [7, 11) is 0. The predicted octanol–water partition coefficient (Wildman–Crippen LogP) is 3.38. The number of rotatable bonds is 3. The van der Waals surface area contributed by atoms with Gasteiger partial charge in [-0.05, 0) is 37.6 Å². The van der Waals surface area contributed by atoms with Gasteiger partial charge in [-0.15, -0.1) is 0 Å². The summed E-state index contributed by atoms with van der Waals surface area (Å²) >= 11 is 5.87. The molecule has 1 aromatic carbocycles. The van der Waals surface area contributed by atoms with E-state index < -0.39 is 0 Å². The Kier molecular flexibility index (Phi) is 4.24. The second-order valence-electron chi connectivity index (χ2n) is 4.48. The molecule has 0 bridgehead atoms. The Morgan fingerprint density at radius 3 is 2.76 bits per heavy atom. The van der Waals surface area contributed by atoms with Crippen molar-refractivity contribution < 1.29 is 4.39 Å². The van der Waals surface area contributed by atoms with Crippen molar-refractivity contribution in [3.63, 3.8) is 0 Å². The number of likely N-dealkylation sites (tertiary alicyclic amines) is 1. The third kappa shape index (κ3) is 3.33. The lowest BCUT2D eigenvalue weighted by Gasteiger charge is -2.32. The maximum absolute atomic E-state index is 13.5. The van der Waals surface area contributed by atoms with Crippen molar-refractivity contribution >= 4 is 17.3 Å². The largest absolute Gasteiger partial charge is 0.380 e. The van der Waals surface area contributed by atoms with Crippen LogP contribution in [0.4, 0.5) is 10.1 Å². The van der Waals surface area contributed by atoms with E-state index in [0.29, 0.717) is 16.8 Å². The molecule has 1 fully saturated rings. The first-order valence-corrected chi connectivity index (χ1v) is 6.50. The van der Waals surface area contributed by atoms with Crippen LogP contribution in [-0.2, 0) is 0 Å². The lowest BCUT2D eigenvalue weighted by Crippen LogP contribution is -2.38. The van der Waals surface area contributed by atoms with Crippen LogP contribution in [0.2, 0.25) is 5.02 Å². The lowest BCUT2D eigenvalue weighted by atomic mass is 10.0. The molecule has 0 atom stereocenters. The Balaban J connectivity index is 1.95. The van der Waals surface area contributed by atoms with Crippen LogP contribution in [0.5, 0.6) is 0 Å². The molecule has 0 saturated carbocycles. The van der Waals surface area contributed by atoms with Gasteiger partial charge in [-0.1, -0.05) is 18.5 Å². The van der Waals surface area contributed by atoms with Crippen LogP contribution in [0, 0.1) is 5.82 Å². The molecule has 4 heteroatoms. The molecule has 0 aromatic heterocycles. The fourth-order valence-corrected chi connectivity index (χ4v) is 2.39. The zero-order chi connectivity index (χ0) is 12.3. The normalized spacial score (nSPS) is 18.3. The monoisotopic (exact) mass is 256 g/mol. The van der Waals surface area contributed by atoms with Gasteiger partial charge < -0.3 is 10.2 Å². The number of hydrogen-bond acceptors (Lipinski definition) is 2. The van der Waals surface area contributed by atoms with Crippen molar-refractivity contribution in [3.05, 3.63) is 29.0 Å². The van der Waals surface area contributed by atoms with Crippen molar-refractivity contribution in [2.24, 2.45) is 0 Å². The van der Waals surface area contributed by atoms with Gasteiger partial charge in [0.15, 0.2) is 0 Å². The van der Waals surface area contributed by atoms with Crippen LogP contribution >= 0.6 is 11.6 Å². The van der Waals surface area contributed by atoms with Gasteiger partial charge in [-0.2, -0.15) is 0 Å². The third-order valence-corrected chi connectivity index (χ3v) is 3.56. The minimum atomic E-state index is -0.229. The van der Waals surface area contributed by atoms with Gasteiger partial charge in [0.05, 0.1) is 5.69 Å². The number of hydrogen-bond donors (Lipinski definition) is 1. The first kappa shape index (κ1) is 12.7. The number of halogens is 2. The number of benzene rings is 1. The summed E-state index contributed by atoms with van der Waals surface area (Å²) in [6, 6.07) is 4.99. The lowest BCUT2D eigenvalue weighted by molar-refractivity contribution is 0.229. The molecule has 1 aliphatic heterocycles. The topological polar surface area (TPSA) is 15.3 Å². The van der Waals surface area contributed by atoms with Crippen LogP contribution in [0.1, 0.15) is 19.8 Å². The minimum absolute atomic E-state index is 0.229. The van der Waals surface area contributed by atoms with E-state index >= 15 is 0 Å². The standard InChI is InChI=1S/C13H18ClFN2/c1-2-17-7-5-11(6-8-17)16-13-9-10(14)3-4-12(13)15/h3-4,9,11,16H,2,5-8H2,1H3. The summed E-state index contributed by atoms with van der Waals surface area (Å²) < 4.78 is 13.5. The molecule has 94 valence electrons. The number of nitrogens with one attached hydrogen (secondary N) is 1. The van der Waals surface area contributed by atoms with E-state index in [2.05, 4.69) is 17.1 Å². The highest BCUT2D eigenvalue weighted by atomic mass is 35.5. The van der Waals surface area contributed by atoms with Crippen molar-refractivity contribution in [2.45, 2.75) is 25.8 Å². The summed E-state index contributed by atoms with van der Waals surface area (Å²) in [5.41, 5.74) is 0.521. The fraction of sp³-hybridized carbons (Fsp3) is 0.538. The number of nitrogens with zero attached hydrogens (tertiary/aromatic N) is 1. The fourth-order valence-electron chi connectivity index (χ4n) is 2.22. The summed E-state index contributed by atoms with van der Waals surface area (Å²) in [6.45, 7) is 5.43. The molecule has 1 saturated heterocycles. The number of anilines is 1. The Labute approximate surface area is 107 Å². The molecule has 0 radical (unpaired) electrons. The van der Waals surface area contributed by atoms with Gasteiger partial charge >= 0.3 is 0 Å². The summed E-state index contributed by atoms with van der Waals surface area (Å²) in [5.74, 6) is -0.229. The molecule has 0 spiro atoms. The first-order chi connectivity index (χ1) is 8.19. The van der Waals surface area contributed by atoms with Crippen LogP contribution in [0.15, 0.2) is 18.2 Å². The van der Waals surface area contributed by atoms with Crippen LogP contribution < -0.4 is 5.32 Å². The van der Waals surface area contributed by atoms with Crippen LogP contribution in [0.25, 0.3) is 0 Å². The number of piperidine rings is 1. The van der Waals surface area contributed by atoms with Gasteiger partial charge in [0.1, 0.15) is 5.82 Å². The first-order valence-electron chi connectivity index (χ1n) is 6.13. The molecule has 1 aliphatic rings. The molecule has 1 N–H and O–H groups in total. The van der Waals surface area contributed by atoms with E-state index in [0.717, 1.165) is 32.5 Å². The van der Waals surface area contributed by atoms with E-state index in [1.165, 1.54) is 6.07 Å². The second-order valence-corrected chi connectivity index (χ2v) is 4.91. The van der Waals surface area contributed by atoms with Crippen molar-refractivity contribution in [3.8, 4) is 0 Å². The van der Waals surface area contributed by atoms with Gasteiger partial charge in [0.25, 0.3) is 0 Å². The molecule has 1 aromatic rings. The van der Waals surface area contributed by atoms with Gasteiger partial charge in [0.2, 0.25) is 0 Å². The van der Waals surface area contributed by atoms with Crippen molar-refractivity contribution in [1.82, 2.24) is 4.90 Å². The molecule has 17 heavy (non-hydrogen) atoms. The molecule has 0 unspecified atom stereocenters.